The van der Waals surface area contributed by atoms with E-state index in [0.717, 1.165) is 11.8 Å². The SMILES string of the molecule is CC[C@@H]1O[C@H](OCCBr)[C@@H](OC(C)=O)[C@H](C)[C@H]1C. The Hall–Kier alpha value is -0.130. The largest absolute Gasteiger partial charge is 0.457 e. The fourth-order valence-corrected chi connectivity index (χ4v) is 2.56. The average Bonchev–Trinajstić information content (AvgIpc) is 2.33. The fourth-order valence-electron chi connectivity index (χ4n) is 2.38. The predicted molar refractivity (Wildman–Crippen MR) is 72.6 cm³/mol. The molecule has 0 amide bonds. The van der Waals surface area contributed by atoms with Crippen molar-refractivity contribution in [3.63, 3.8) is 0 Å². The highest BCUT2D eigenvalue weighted by molar-refractivity contribution is 9.09. The Bertz CT molecular complexity index is 272. The van der Waals surface area contributed by atoms with Crippen molar-refractivity contribution in [3.05, 3.63) is 0 Å². The molecule has 1 saturated heterocycles. The van der Waals surface area contributed by atoms with E-state index in [1.54, 1.807) is 0 Å². The molecule has 5 atom stereocenters. The maximum Gasteiger partial charge on any atom is 0.303 e. The van der Waals surface area contributed by atoms with Crippen LogP contribution in [0.25, 0.3) is 0 Å². The number of esters is 1. The Morgan fingerprint density at radius 1 is 1.33 bits per heavy atom. The third-order valence-electron chi connectivity index (χ3n) is 3.57. The van der Waals surface area contributed by atoms with Gasteiger partial charge < -0.3 is 14.2 Å². The first kappa shape index (κ1) is 15.9. The lowest BCUT2D eigenvalue weighted by Gasteiger charge is -2.43. The minimum atomic E-state index is -0.456. The van der Waals surface area contributed by atoms with E-state index in [9.17, 15) is 4.79 Å². The summed E-state index contributed by atoms with van der Waals surface area (Å²) in [6.45, 7) is 8.29. The molecule has 1 rings (SSSR count). The predicted octanol–water partition coefficient (Wildman–Crippen LogP) is 2.74. The van der Waals surface area contributed by atoms with Crippen molar-refractivity contribution < 1.29 is 19.0 Å². The van der Waals surface area contributed by atoms with Crippen LogP contribution in [-0.2, 0) is 19.0 Å². The quantitative estimate of drug-likeness (QED) is 0.576. The molecule has 0 bridgehead atoms. The Morgan fingerprint density at radius 2 is 2.00 bits per heavy atom. The van der Waals surface area contributed by atoms with Crippen LogP contribution in [0.5, 0.6) is 0 Å². The fraction of sp³-hybridized carbons (Fsp3) is 0.923. The second-order valence-electron chi connectivity index (χ2n) is 4.80. The Kier molecular flexibility index (Phi) is 6.60. The van der Waals surface area contributed by atoms with E-state index in [1.165, 1.54) is 6.92 Å². The standard InChI is InChI=1S/C13H23BrO4/c1-5-11-8(2)9(3)12(17-10(4)15)13(18-11)16-7-6-14/h8-9,11-13H,5-7H2,1-4H3/t8-,9-,11+,12+,13+/m1/s1. The van der Waals surface area contributed by atoms with E-state index in [-0.39, 0.29) is 24.1 Å². The Labute approximate surface area is 117 Å². The van der Waals surface area contributed by atoms with Crippen LogP contribution in [0.1, 0.15) is 34.1 Å². The number of hydrogen-bond donors (Lipinski definition) is 0. The van der Waals surface area contributed by atoms with E-state index < -0.39 is 6.29 Å². The summed E-state index contributed by atoms with van der Waals surface area (Å²) in [5.74, 6) is 0.293. The zero-order valence-electron chi connectivity index (χ0n) is 11.5. The average molecular weight is 323 g/mol. The lowest BCUT2D eigenvalue weighted by atomic mass is 9.82. The van der Waals surface area contributed by atoms with Gasteiger partial charge in [-0.15, -0.1) is 0 Å². The highest BCUT2D eigenvalue weighted by atomic mass is 79.9. The molecule has 0 radical (unpaired) electrons. The van der Waals surface area contributed by atoms with Crippen molar-refractivity contribution in [2.75, 3.05) is 11.9 Å². The summed E-state index contributed by atoms with van der Waals surface area (Å²) in [6.07, 6.45) is 0.320. The minimum absolute atomic E-state index is 0.159. The smallest absolute Gasteiger partial charge is 0.303 e. The molecule has 0 aromatic carbocycles. The third-order valence-corrected chi connectivity index (χ3v) is 3.90. The summed E-state index contributed by atoms with van der Waals surface area (Å²) in [7, 11) is 0. The molecule has 0 saturated carbocycles. The number of carbonyl (C=O) groups excluding carboxylic acids is 1. The van der Waals surface area contributed by atoms with Gasteiger partial charge in [0.05, 0.1) is 12.7 Å². The molecule has 0 aromatic heterocycles. The lowest BCUT2D eigenvalue weighted by molar-refractivity contribution is -0.273. The molecule has 4 nitrogen and oxygen atoms in total. The van der Waals surface area contributed by atoms with Crippen LogP contribution < -0.4 is 0 Å². The zero-order chi connectivity index (χ0) is 13.7. The van der Waals surface area contributed by atoms with Gasteiger partial charge >= 0.3 is 5.97 Å². The number of carbonyl (C=O) groups is 1. The van der Waals surface area contributed by atoms with Crippen molar-refractivity contribution >= 4 is 21.9 Å². The number of hydrogen-bond acceptors (Lipinski definition) is 4. The van der Waals surface area contributed by atoms with Crippen LogP contribution >= 0.6 is 15.9 Å². The molecule has 1 fully saturated rings. The van der Waals surface area contributed by atoms with Crippen LogP contribution in [-0.4, -0.2) is 36.4 Å². The summed E-state index contributed by atoms with van der Waals surface area (Å²) in [5.41, 5.74) is 0. The van der Waals surface area contributed by atoms with E-state index >= 15 is 0 Å². The molecule has 5 heteroatoms. The summed E-state index contributed by atoms with van der Waals surface area (Å²) in [5, 5.41) is 0.736. The van der Waals surface area contributed by atoms with E-state index in [0.29, 0.717) is 12.5 Å². The summed E-state index contributed by atoms with van der Waals surface area (Å²) >= 11 is 3.32. The number of rotatable bonds is 5. The summed E-state index contributed by atoms with van der Waals surface area (Å²) in [6, 6.07) is 0. The monoisotopic (exact) mass is 322 g/mol. The summed E-state index contributed by atoms with van der Waals surface area (Å²) in [4.78, 5) is 11.2. The van der Waals surface area contributed by atoms with Crippen molar-refractivity contribution in [3.8, 4) is 0 Å². The first-order valence-corrected chi connectivity index (χ1v) is 7.63. The molecule has 0 aliphatic carbocycles. The van der Waals surface area contributed by atoms with Gasteiger partial charge in [0.1, 0.15) is 0 Å². The Balaban J connectivity index is 2.76. The van der Waals surface area contributed by atoms with Gasteiger partial charge in [-0.05, 0) is 12.3 Å². The molecule has 0 unspecified atom stereocenters. The van der Waals surface area contributed by atoms with Crippen LogP contribution in [0, 0.1) is 11.8 Å². The molecule has 0 aromatic rings. The van der Waals surface area contributed by atoms with Gasteiger partial charge in [0.25, 0.3) is 0 Å². The molecule has 0 spiro atoms. The molecule has 106 valence electrons. The lowest BCUT2D eigenvalue weighted by Crippen LogP contribution is -2.52. The molecular formula is C13H23BrO4. The van der Waals surface area contributed by atoms with Crippen LogP contribution in [0.2, 0.25) is 0 Å². The second-order valence-corrected chi connectivity index (χ2v) is 5.60. The van der Waals surface area contributed by atoms with Crippen molar-refractivity contribution in [1.82, 2.24) is 0 Å². The first-order valence-electron chi connectivity index (χ1n) is 6.51. The van der Waals surface area contributed by atoms with Crippen LogP contribution in [0.15, 0.2) is 0 Å². The minimum Gasteiger partial charge on any atom is -0.457 e. The van der Waals surface area contributed by atoms with Crippen LogP contribution in [0.4, 0.5) is 0 Å². The van der Waals surface area contributed by atoms with Gasteiger partial charge in [0.15, 0.2) is 12.4 Å². The first-order chi connectivity index (χ1) is 8.51. The molecular weight excluding hydrogens is 300 g/mol. The summed E-state index contributed by atoms with van der Waals surface area (Å²) < 4.78 is 16.9. The van der Waals surface area contributed by atoms with Gasteiger partial charge in [-0.1, -0.05) is 36.7 Å². The van der Waals surface area contributed by atoms with Gasteiger partial charge in [0.2, 0.25) is 0 Å². The zero-order valence-corrected chi connectivity index (χ0v) is 13.1. The number of alkyl halides is 1. The number of halogens is 1. The molecule has 18 heavy (non-hydrogen) atoms. The normalized spacial score (nSPS) is 36.4. The Morgan fingerprint density at radius 3 is 2.50 bits per heavy atom. The second kappa shape index (κ2) is 7.46. The van der Waals surface area contributed by atoms with Crippen molar-refractivity contribution in [2.45, 2.75) is 52.6 Å². The highest BCUT2D eigenvalue weighted by Crippen LogP contribution is 2.34. The van der Waals surface area contributed by atoms with Gasteiger partial charge in [-0.2, -0.15) is 0 Å². The molecule has 0 N–H and O–H groups in total. The van der Waals surface area contributed by atoms with Crippen LogP contribution in [0.3, 0.4) is 0 Å². The van der Waals surface area contributed by atoms with E-state index in [2.05, 4.69) is 36.7 Å². The van der Waals surface area contributed by atoms with Gasteiger partial charge in [-0.25, -0.2) is 0 Å². The molecule has 1 heterocycles. The topological polar surface area (TPSA) is 44.8 Å². The van der Waals surface area contributed by atoms with Gasteiger partial charge in [0, 0.05) is 18.2 Å². The van der Waals surface area contributed by atoms with Crippen molar-refractivity contribution in [2.24, 2.45) is 11.8 Å². The molecule has 1 aliphatic rings. The molecule has 1 aliphatic heterocycles. The maximum absolute atomic E-state index is 11.2. The highest BCUT2D eigenvalue weighted by Gasteiger charge is 2.43. The van der Waals surface area contributed by atoms with Crippen molar-refractivity contribution in [1.29, 1.82) is 0 Å². The van der Waals surface area contributed by atoms with E-state index in [4.69, 9.17) is 14.2 Å². The van der Waals surface area contributed by atoms with Gasteiger partial charge in [-0.3, -0.25) is 4.79 Å². The van der Waals surface area contributed by atoms with E-state index in [1.807, 2.05) is 0 Å². The third kappa shape index (κ3) is 3.93. The number of ether oxygens (including phenoxy) is 3. The maximum atomic E-state index is 11.2.